The molecule has 0 saturated carbocycles. The third-order valence-corrected chi connectivity index (χ3v) is 6.02. The second-order valence-electron chi connectivity index (χ2n) is 7.31. The number of rotatable bonds is 7. The Morgan fingerprint density at radius 2 is 1.83 bits per heavy atom. The summed E-state index contributed by atoms with van der Waals surface area (Å²) in [6.07, 6.45) is 0.885. The normalized spacial score (nSPS) is 11.0. The fourth-order valence-electron chi connectivity index (χ4n) is 3.58. The van der Waals surface area contributed by atoms with Crippen molar-refractivity contribution in [1.29, 1.82) is 0 Å². The second-order valence-corrected chi connectivity index (χ2v) is 8.25. The Morgan fingerprint density at radius 3 is 2.67 bits per heavy atom. The SMILES string of the molecule is CCc1ccccc1NC(=O)CSc1nc2ccccc2n1Cc1cccc(C)c1. The molecule has 0 atom stereocenters. The van der Waals surface area contributed by atoms with E-state index in [9.17, 15) is 4.79 Å². The number of fused-ring (bicyclic) bond motifs is 1. The Labute approximate surface area is 181 Å². The van der Waals surface area contributed by atoms with Gasteiger partial charge in [0.1, 0.15) is 0 Å². The van der Waals surface area contributed by atoms with Crippen LogP contribution in [-0.4, -0.2) is 21.2 Å². The van der Waals surface area contributed by atoms with Crippen LogP contribution < -0.4 is 5.32 Å². The number of hydrogen-bond acceptors (Lipinski definition) is 3. The first-order chi connectivity index (χ1) is 14.6. The topological polar surface area (TPSA) is 46.9 Å². The average molecular weight is 416 g/mol. The molecule has 4 rings (SSSR count). The minimum atomic E-state index is -0.0185. The molecule has 0 fully saturated rings. The highest BCUT2D eigenvalue weighted by atomic mass is 32.2. The van der Waals surface area contributed by atoms with Crippen molar-refractivity contribution in [3.8, 4) is 0 Å². The molecular weight excluding hydrogens is 390 g/mol. The molecule has 1 heterocycles. The number of anilines is 1. The van der Waals surface area contributed by atoms with E-state index in [4.69, 9.17) is 4.98 Å². The zero-order valence-electron chi connectivity index (χ0n) is 17.3. The van der Waals surface area contributed by atoms with Crippen LogP contribution >= 0.6 is 11.8 Å². The summed E-state index contributed by atoms with van der Waals surface area (Å²) in [5.74, 6) is 0.296. The summed E-state index contributed by atoms with van der Waals surface area (Å²) in [7, 11) is 0. The van der Waals surface area contributed by atoms with Gasteiger partial charge in [-0.3, -0.25) is 4.79 Å². The number of imidazole rings is 1. The molecule has 30 heavy (non-hydrogen) atoms. The molecule has 0 saturated heterocycles. The number of benzene rings is 3. The van der Waals surface area contributed by atoms with Crippen LogP contribution in [0.3, 0.4) is 0 Å². The standard InChI is InChI=1S/C25H25N3OS/c1-3-20-11-4-5-12-21(20)26-24(29)17-30-25-27-22-13-6-7-14-23(22)28(25)16-19-10-8-9-18(2)15-19/h4-15H,3,16-17H2,1-2H3,(H,26,29). The number of aromatic nitrogens is 2. The van der Waals surface area contributed by atoms with Gasteiger partial charge in [-0.05, 0) is 42.7 Å². The molecule has 0 spiro atoms. The summed E-state index contributed by atoms with van der Waals surface area (Å²) in [4.78, 5) is 17.4. The molecule has 152 valence electrons. The highest BCUT2D eigenvalue weighted by molar-refractivity contribution is 7.99. The lowest BCUT2D eigenvalue weighted by Gasteiger charge is -2.11. The van der Waals surface area contributed by atoms with E-state index in [2.05, 4.69) is 54.1 Å². The Hall–Kier alpha value is -3.05. The van der Waals surface area contributed by atoms with Gasteiger partial charge in [0.2, 0.25) is 5.91 Å². The van der Waals surface area contributed by atoms with Gasteiger partial charge in [-0.25, -0.2) is 4.98 Å². The number of thioether (sulfide) groups is 1. The number of nitrogens with one attached hydrogen (secondary N) is 1. The van der Waals surface area contributed by atoms with E-state index in [0.29, 0.717) is 5.75 Å². The van der Waals surface area contributed by atoms with Crippen LogP contribution in [0.25, 0.3) is 11.0 Å². The van der Waals surface area contributed by atoms with Crippen molar-refractivity contribution in [2.75, 3.05) is 11.1 Å². The lowest BCUT2D eigenvalue weighted by atomic mass is 10.1. The smallest absolute Gasteiger partial charge is 0.234 e. The largest absolute Gasteiger partial charge is 0.325 e. The van der Waals surface area contributed by atoms with Crippen molar-refractivity contribution >= 4 is 34.4 Å². The first kappa shape index (κ1) is 20.2. The molecule has 0 radical (unpaired) electrons. The Bertz CT molecular complexity index is 1180. The van der Waals surface area contributed by atoms with Crippen molar-refractivity contribution in [3.63, 3.8) is 0 Å². The van der Waals surface area contributed by atoms with Gasteiger partial charge in [0.15, 0.2) is 5.16 Å². The number of nitrogens with zero attached hydrogens (tertiary/aromatic N) is 2. The average Bonchev–Trinajstić information content (AvgIpc) is 3.10. The quantitative estimate of drug-likeness (QED) is 0.395. The number of carbonyl (C=O) groups is 1. The molecule has 4 nitrogen and oxygen atoms in total. The lowest BCUT2D eigenvalue weighted by molar-refractivity contribution is -0.113. The van der Waals surface area contributed by atoms with Crippen LogP contribution in [-0.2, 0) is 17.8 Å². The van der Waals surface area contributed by atoms with Gasteiger partial charge in [-0.2, -0.15) is 0 Å². The molecule has 1 amide bonds. The van der Waals surface area contributed by atoms with Crippen molar-refractivity contribution in [2.45, 2.75) is 32.0 Å². The fourth-order valence-corrected chi connectivity index (χ4v) is 4.39. The Balaban J connectivity index is 1.54. The van der Waals surface area contributed by atoms with Gasteiger partial charge in [0.05, 0.1) is 23.3 Å². The maximum absolute atomic E-state index is 12.6. The molecule has 0 aliphatic rings. The Morgan fingerprint density at radius 1 is 1.03 bits per heavy atom. The van der Waals surface area contributed by atoms with Crippen molar-refractivity contribution in [1.82, 2.24) is 9.55 Å². The van der Waals surface area contributed by atoms with Crippen LogP contribution in [0, 0.1) is 6.92 Å². The predicted octanol–water partition coefficient (Wildman–Crippen LogP) is 5.69. The van der Waals surface area contributed by atoms with Gasteiger partial charge in [-0.15, -0.1) is 0 Å². The number of para-hydroxylation sites is 3. The molecule has 0 aliphatic carbocycles. The van der Waals surface area contributed by atoms with Crippen molar-refractivity contribution < 1.29 is 4.79 Å². The van der Waals surface area contributed by atoms with E-state index in [1.165, 1.54) is 22.9 Å². The van der Waals surface area contributed by atoms with E-state index < -0.39 is 0 Å². The van der Waals surface area contributed by atoms with E-state index in [-0.39, 0.29) is 5.91 Å². The molecule has 5 heteroatoms. The molecule has 3 aromatic carbocycles. The monoisotopic (exact) mass is 415 g/mol. The van der Waals surface area contributed by atoms with Crippen molar-refractivity contribution in [2.24, 2.45) is 0 Å². The molecular formula is C25H25N3OS. The Kier molecular flexibility index (Phi) is 6.19. The first-order valence-corrected chi connectivity index (χ1v) is 11.1. The minimum absolute atomic E-state index is 0.0185. The molecule has 4 aromatic rings. The van der Waals surface area contributed by atoms with Crippen LogP contribution in [0.15, 0.2) is 78.0 Å². The maximum atomic E-state index is 12.6. The summed E-state index contributed by atoms with van der Waals surface area (Å²) in [5.41, 5.74) is 6.52. The van der Waals surface area contributed by atoms with E-state index >= 15 is 0 Å². The first-order valence-electron chi connectivity index (χ1n) is 10.2. The third-order valence-electron chi connectivity index (χ3n) is 5.05. The predicted molar refractivity (Wildman–Crippen MR) is 125 cm³/mol. The maximum Gasteiger partial charge on any atom is 0.234 e. The van der Waals surface area contributed by atoms with Gasteiger partial charge in [0, 0.05) is 5.69 Å². The highest BCUT2D eigenvalue weighted by Crippen LogP contribution is 2.26. The molecule has 1 aromatic heterocycles. The second kappa shape index (κ2) is 9.18. The fraction of sp³-hybridized carbons (Fsp3) is 0.200. The van der Waals surface area contributed by atoms with E-state index in [0.717, 1.165) is 40.4 Å². The zero-order chi connectivity index (χ0) is 20.9. The zero-order valence-corrected chi connectivity index (χ0v) is 18.1. The molecule has 0 aliphatic heterocycles. The summed E-state index contributed by atoms with van der Waals surface area (Å²) >= 11 is 1.48. The molecule has 1 N–H and O–H groups in total. The van der Waals surface area contributed by atoms with Crippen LogP contribution in [0.4, 0.5) is 5.69 Å². The third kappa shape index (κ3) is 4.57. The number of aryl methyl sites for hydroxylation is 2. The van der Waals surface area contributed by atoms with Crippen molar-refractivity contribution in [3.05, 3.63) is 89.5 Å². The molecule has 0 unspecified atom stereocenters. The summed E-state index contributed by atoms with van der Waals surface area (Å²) in [5, 5.41) is 3.90. The number of carbonyl (C=O) groups excluding carboxylic acids is 1. The summed E-state index contributed by atoms with van der Waals surface area (Å²) in [6.45, 7) is 4.92. The van der Waals surface area contributed by atoms with Crippen LogP contribution in [0.5, 0.6) is 0 Å². The number of amides is 1. The minimum Gasteiger partial charge on any atom is -0.325 e. The van der Waals surface area contributed by atoms with E-state index in [1.807, 2.05) is 42.5 Å². The summed E-state index contributed by atoms with van der Waals surface area (Å²) in [6, 6.07) is 24.6. The van der Waals surface area contributed by atoms with E-state index in [1.54, 1.807) is 0 Å². The van der Waals surface area contributed by atoms with Gasteiger partial charge < -0.3 is 9.88 Å². The van der Waals surface area contributed by atoms with Crippen LogP contribution in [0.1, 0.15) is 23.6 Å². The van der Waals surface area contributed by atoms with Gasteiger partial charge >= 0.3 is 0 Å². The summed E-state index contributed by atoms with van der Waals surface area (Å²) < 4.78 is 2.20. The van der Waals surface area contributed by atoms with Crippen LogP contribution in [0.2, 0.25) is 0 Å². The van der Waals surface area contributed by atoms with Gasteiger partial charge in [-0.1, -0.05) is 78.8 Å². The molecule has 0 bridgehead atoms. The number of hydrogen-bond donors (Lipinski definition) is 1. The highest BCUT2D eigenvalue weighted by Gasteiger charge is 2.14. The van der Waals surface area contributed by atoms with Gasteiger partial charge in [0.25, 0.3) is 0 Å². The lowest BCUT2D eigenvalue weighted by Crippen LogP contribution is -2.15.